The number of aryl methyl sites for hydroxylation is 1. The Labute approximate surface area is 177 Å². The molecule has 0 radical (unpaired) electrons. The van der Waals surface area contributed by atoms with Gasteiger partial charge in [0, 0.05) is 38.0 Å². The molecule has 1 aromatic carbocycles. The van der Waals surface area contributed by atoms with Gasteiger partial charge >= 0.3 is 0 Å². The first-order chi connectivity index (χ1) is 14.6. The van der Waals surface area contributed by atoms with Gasteiger partial charge in [-0.05, 0) is 50.2 Å². The van der Waals surface area contributed by atoms with Gasteiger partial charge < -0.3 is 19.2 Å². The van der Waals surface area contributed by atoms with Crippen LogP contribution in [0.15, 0.2) is 40.8 Å². The highest BCUT2D eigenvalue weighted by Crippen LogP contribution is 2.23. The maximum absolute atomic E-state index is 12.4. The summed E-state index contributed by atoms with van der Waals surface area (Å²) >= 11 is 0. The first kappa shape index (κ1) is 22.1. The largest absolute Gasteiger partial charge is 0.494 e. The SMILES string of the molecule is CCOc1ccc(C(=O)CCC(=O)NCC(c2ccc(C)o2)N2CCOCC2)cc1. The Bertz CT molecular complexity index is 824. The van der Waals surface area contributed by atoms with E-state index in [1.807, 2.05) is 26.0 Å². The molecule has 0 aliphatic carbocycles. The van der Waals surface area contributed by atoms with Crippen molar-refractivity contribution in [2.75, 3.05) is 39.5 Å². The van der Waals surface area contributed by atoms with Crippen LogP contribution in [0.3, 0.4) is 0 Å². The number of ketones is 1. The first-order valence-electron chi connectivity index (χ1n) is 10.5. The molecule has 1 fully saturated rings. The highest BCUT2D eigenvalue weighted by atomic mass is 16.5. The molecule has 1 unspecified atom stereocenters. The molecule has 1 atom stereocenters. The average Bonchev–Trinajstić information content (AvgIpc) is 3.19. The average molecular weight is 415 g/mol. The van der Waals surface area contributed by atoms with Crippen LogP contribution in [-0.4, -0.2) is 56.0 Å². The van der Waals surface area contributed by atoms with Crippen LogP contribution >= 0.6 is 0 Å². The normalized spacial score (nSPS) is 15.5. The molecular formula is C23H30N2O5. The van der Waals surface area contributed by atoms with Crippen molar-refractivity contribution in [3.63, 3.8) is 0 Å². The van der Waals surface area contributed by atoms with E-state index >= 15 is 0 Å². The Morgan fingerprint density at radius 1 is 1.10 bits per heavy atom. The number of rotatable bonds is 10. The van der Waals surface area contributed by atoms with Gasteiger partial charge in [0.25, 0.3) is 0 Å². The molecule has 3 rings (SSSR count). The van der Waals surface area contributed by atoms with Crippen molar-refractivity contribution in [2.24, 2.45) is 0 Å². The summed E-state index contributed by atoms with van der Waals surface area (Å²) in [6.07, 6.45) is 0.320. The van der Waals surface area contributed by atoms with E-state index in [1.165, 1.54) is 0 Å². The predicted molar refractivity (Wildman–Crippen MR) is 113 cm³/mol. The second kappa shape index (κ2) is 10.9. The second-order valence-electron chi connectivity index (χ2n) is 7.30. The van der Waals surface area contributed by atoms with E-state index in [2.05, 4.69) is 10.2 Å². The summed E-state index contributed by atoms with van der Waals surface area (Å²) in [5.74, 6) is 2.21. The zero-order valence-corrected chi connectivity index (χ0v) is 17.7. The van der Waals surface area contributed by atoms with E-state index in [0.29, 0.717) is 31.9 Å². The van der Waals surface area contributed by atoms with Crippen LogP contribution < -0.4 is 10.1 Å². The molecule has 2 heterocycles. The Balaban J connectivity index is 1.50. The number of hydrogen-bond donors (Lipinski definition) is 1. The van der Waals surface area contributed by atoms with Gasteiger partial charge in [-0.2, -0.15) is 0 Å². The minimum absolute atomic E-state index is 0.0478. The van der Waals surface area contributed by atoms with Crippen molar-refractivity contribution in [3.8, 4) is 5.75 Å². The van der Waals surface area contributed by atoms with E-state index in [0.717, 1.165) is 30.4 Å². The predicted octanol–water partition coefficient (Wildman–Crippen LogP) is 3.14. The summed E-state index contributed by atoms with van der Waals surface area (Å²) < 4.78 is 16.6. The number of furan rings is 1. The minimum Gasteiger partial charge on any atom is -0.494 e. The number of amides is 1. The smallest absolute Gasteiger partial charge is 0.220 e. The molecule has 30 heavy (non-hydrogen) atoms. The van der Waals surface area contributed by atoms with Gasteiger partial charge in [0.05, 0.1) is 25.9 Å². The van der Waals surface area contributed by atoms with Crippen LogP contribution in [0.2, 0.25) is 0 Å². The standard InChI is InChI=1S/C23H30N2O5/c1-3-29-19-7-5-18(6-8-19)21(26)9-11-23(27)24-16-20(22-10-4-17(2)30-22)25-12-14-28-15-13-25/h4-8,10,20H,3,9,11-16H2,1-2H3,(H,24,27). The van der Waals surface area contributed by atoms with Crippen molar-refractivity contribution >= 4 is 11.7 Å². The molecule has 0 saturated carbocycles. The van der Waals surface area contributed by atoms with Crippen LogP contribution in [0, 0.1) is 6.92 Å². The molecule has 1 aromatic heterocycles. The quantitative estimate of drug-likeness (QED) is 0.602. The summed E-state index contributed by atoms with van der Waals surface area (Å²) in [7, 11) is 0. The van der Waals surface area contributed by atoms with Crippen LogP contribution in [0.1, 0.15) is 47.7 Å². The maximum Gasteiger partial charge on any atom is 0.220 e. The van der Waals surface area contributed by atoms with Gasteiger partial charge in [0.2, 0.25) is 5.91 Å². The van der Waals surface area contributed by atoms with E-state index < -0.39 is 0 Å². The van der Waals surface area contributed by atoms with E-state index in [1.54, 1.807) is 24.3 Å². The Kier molecular flexibility index (Phi) is 8.04. The molecule has 0 spiro atoms. The third-order valence-electron chi connectivity index (χ3n) is 5.14. The molecule has 162 valence electrons. The molecule has 1 amide bonds. The lowest BCUT2D eigenvalue weighted by molar-refractivity contribution is -0.121. The monoisotopic (exact) mass is 414 g/mol. The van der Waals surface area contributed by atoms with Crippen molar-refractivity contribution in [1.82, 2.24) is 10.2 Å². The molecular weight excluding hydrogens is 384 g/mol. The number of carbonyl (C=O) groups is 2. The highest BCUT2D eigenvalue weighted by Gasteiger charge is 2.25. The number of hydrogen-bond acceptors (Lipinski definition) is 6. The molecule has 1 aliphatic rings. The molecule has 1 saturated heterocycles. The molecule has 1 aliphatic heterocycles. The van der Waals surface area contributed by atoms with Gasteiger partial charge in [-0.3, -0.25) is 14.5 Å². The lowest BCUT2D eigenvalue weighted by Gasteiger charge is -2.33. The summed E-state index contributed by atoms with van der Waals surface area (Å²) in [5.41, 5.74) is 0.587. The fourth-order valence-corrected chi connectivity index (χ4v) is 3.51. The molecule has 1 N–H and O–H groups in total. The van der Waals surface area contributed by atoms with Crippen LogP contribution in [0.25, 0.3) is 0 Å². The number of Topliss-reactive ketones (excluding diaryl/α,β-unsaturated/α-hetero) is 1. The molecule has 7 heteroatoms. The van der Waals surface area contributed by atoms with Gasteiger partial charge in [-0.1, -0.05) is 0 Å². The lowest BCUT2D eigenvalue weighted by Crippen LogP contribution is -2.43. The lowest BCUT2D eigenvalue weighted by atomic mass is 10.1. The number of benzene rings is 1. The first-order valence-corrected chi connectivity index (χ1v) is 10.5. The Morgan fingerprint density at radius 3 is 2.47 bits per heavy atom. The van der Waals surface area contributed by atoms with Gasteiger partial charge in [0.1, 0.15) is 17.3 Å². The van der Waals surface area contributed by atoms with Crippen LogP contribution in [0.4, 0.5) is 0 Å². The van der Waals surface area contributed by atoms with Gasteiger partial charge in [0.15, 0.2) is 5.78 Å². The summed E-state index contributed by atoms with van der Waals surface area (Å²) in [6, 6.07) is 10.9. The number of nitrogens with zero attached hydrogens (tertiary/aromatic N) is 1. The zero-order valence-electron chi connectivity index (χ0n) is 17.7. The van der Waals surface area contributed by atoms with Crippen LogP contribution in [-0.2, 0) is 9.53 Å². The molecule has 0 bridgehead atoms. The highest BCUT2D eigenvalue weighted by molar-refractivity contribution is 5.98. The number of ether oxygens (including phenoxy) is 2. The molecule has 2 aromatic rings. The molecule has 7 nitrogen and oxygen atoms in total. The topological polar surface area (TPSA) is 81.0 Å². The second-order valence-corrected chi connectivity index (χ2v) is 7.30. The number of morpholine rings is 1. The van der Waals surface area contributed by atoms with Gasteiger partial charge in [-0.25, -0.2) is 0 Å². The third kappa shape index (κ3) is 6.18. The maximum atomic E-state index is 12.4. The Hall–Kier alpha value is -2.64. The summed E-state index contributed by atoms with van der Waals surface area (Å²) in [6.45, 7) is 7.74. The minimum atomic E-state index is -0.143. The number of carbonyl (C=O) groups excluding carboxylic acids is 2. The summed E-state index contributed by atoms with van der Waals surface area (Å²) in [4.78, 5) is 27.0. The van der Waals surface area contributed by atoms with Gasteiger partial charge in [-0.15, -0.1) is 0 Å². The van der Waals surface area contributed by atoms with Crippen molar-refractivity contribution < 1.29 is 23.5 Å². The van der Waals surface area contributed by atoms with Crippen molar-refractivity contribution in [2.45, 2.75) is 32.7 Å². The van der Waals surface area contributed by atoms with E-state index in [9.17, 15) is 9.59 Å². The fraction of sp³-hybridized carbons (Fsp3) is 0.478. The summed E-state index contributed by atoms with van der Waals surface area (Å²) in [5, 5.41) is 2.97. The number of nitrogens with one attached hydrogen (secondary N) is 1. The fourth-order valence-electron chi connectivity index (χ4n) is 3.51. The van der Waals surface area contributed by atoms with Crippen molar-refractivity contribution in [3.05, 3.63) is 53.5 Å². The van der Waals surface area contributed by atoms with E-state index in [4.69, 9.17) is 13.9 Å². The third-order valence-corrected chi connectivity index (χ3v) is 5.14. The zero-order chi connectivity index (χ0) is 21.3. The van der Waals surface area contributed by atoms with E-state index in [-0.39, 0.29) is 30.6 Å². The Morgan fingerprint density at radius 2 is 1.83 bits per heavy atom. The van der Waals surface area contributed by atoms with Crippen molar-refractivity contribution in [1.29, 1.82) is 0 Å². The van der Waals surface area contributed by atoms with Crippen LogP contribution in [0.5, 0.6) is 5.75 Å².